The second-order valence-electron chi connectivity index (χ2n) is 5.18. The van der Waals surface area contributed by atoms with Gasteiger partial charge in [0, 0.05) is 18.0 Å². The molecule has 0 bridgehead atoms. The smallest absolute Gasteiger partial charge is 0.175 e. The molecular weight excluding hydrogens is 289 g/mol. The minimum absolute atomic E-state index is 0.0570. The molecule has 0 saturated heterocycles. The molecule has 3 nitrogen and oxygen atoms in total. The average molecular weight is 307 g/mol. The predicted octanol–water partition coefficient (Wildman–Crippen LogP) is 3.27. The minimum atomic E-state index is -3.22. The van der Waals surface area contributed by atoms with Crippen LogP contribution in [0.2, 0.25) is 0 Å². The van der Waals surface area contributed by atoms with Gasteiger partial charge in [0.05, 0.1) is 4.90 Å². The molecule has 1 N–H and O–H groups in total. The van der Waals surface area contributed by atoms with Crippen molar-refractivity contribution in [2.45, 2.75) is 24.3 Å². The summed E-state index contributed by atoms with van der Waals surface area (Å²) in [5.74, 6) is -0.251. The summed E-state index contributed by atoms with van der Waals surface area (Å²) in [6.07, 6.45) is 1.84. The van der Waals surface area contributed by atoms with Gasteiger partial charge in [-0.3, -0.25) is 0 Å². The highest BCUT2D eigenvalue weighted by molar-refractivity contribution is 7.90. The SMILES string of the molecule is CC(Cc1cccc(F)c1)Nc1cccc(S(C)(=O)=O)c1. The Balaban J connectivity index is 2.08. The van der Waals surface area contributed by atoms with Crippen molar-refractivity contribution >= 4 is 15.5 Å². The van der Waals surface area contributed by atoms with E-state index in [4.69, 9.17) is 0 Å². The van der Waals surface area contributed by atoms with Gasteiger partial charge in [-0.05, 0) is 49.2 Å². The van der Waals surface area contributed by atoms with Crippen molar-refractivity contribution in [3.05, 3.63) is 59.9 Å². The largest absolute Gasteiger partial charge is 0.382 e. The lowest BCUT2D eigenvalue weighted by Crippen LogP contribution is -2.18. The zero-order valence-electron chi connectivity index (χ0n) is 12.0. The summed E-state index contributed by atoms with van der Waals surface area (Å²) in [5.41, 5.74) is 1.64. The van der Waals surface area contributed by atoms with Crippen LogP contribution in [0.15, 0.2) is 53.4 Å². The van der Waals surface area contributed by atoms with Crippen LogP contribution in [0.5, 0.6) is 0 Å². The molecule has 5 heteroatoms. The fourth-order valence-corrected chi connectivity index (χ4v) is 2.84. The topological polar surface area (TPSA) is 46.2 Å². The van der Waals surface area contributed by atoms with E-state index >= 15 is 0 Å². The Morgan fingerprint density at radius 3 is 2.52 bits per heavy atom. The van der Waals surface area contributed by atoms with Crippen molar-refractivity contribution in [2.24, 2.45) is 0 Å². The van der Waals surface area contributed by atoms with Gasteiger partial charge in [0.25, 0.3) is 0 Å². The Hall–Kier alpha value is -1.88. The first kappa shape index (κ1) is 15.5. The minimum Gasteiger partial charge on any atom is -0.382 e. The number of nitrogens with one attached hydrogen (secondary N) is 1. The quantitative estimate of drug-likeness (QED) is 0.922. The lowest BCUT2D eigenvalue weighted by Gasteiger charge is -2.16. The van der Waals surface area contributed by atoms with Crippen LogP contribution in [0, 0.1) is 5.82 Å². The Morgan fingerprint density at radius 2 is 1.86 bits per heavy atom. The maximum Gasteiger partial charge on any atom is 0.175 e. The summed E-state index contributed by atoms with van der Waals surface area (Å²) < 4.78 is 36.2. The monoisotopic (exact) mass is 307 g/mol. The predicted molar refractivity (Wildman–Crippen MR) is 82.7 cm³/mol. The molecule has 0 aromatic heterocycles. The van der Waals surface area contributed by atoms with Crippen LogP contribution in [0.1, 0.15) is 12.5 Å². The van der Waals surface area contributed by atoms with Crippen molar-refractivity contribution in [3.63, 3.8) is 0 Å². The van der Waals surface area contributed by atoms with Crippen LogP contribution >= 0.6 is 0 Å². The van der Waals surface area contributed by atoms with Gasteiger partial charge in [-0.2, -0.15) is 0 Å². The molecule has 0 amide bonds. The third kappa shape index (κ3) is 4.56. The van der Waals surface area contributed by atoms with Gasteiger partial charge in [0.2, 0.25) is 0 Å². The first-order valence-electron chi connectivity index (χ1n) is 6.66. The highest BCUT2D eigenvalue weighted by Gasteiger charge is 2.09. The molecule has 0 fully saturated rings. The van der Waals surface area contributed by atoms with Crippen LogP contribution in [0.25, 0.3) is 0 Å². The van der Waals surface area contributed by atoms with Crippen molar-refractivity contribution in [1.82, 2.24) is 0 Å². The summed E-state index contributed by atoms with van der Waals surface area (Å²) in [4.78, 5) is 0.283. The van der Waals surface area contributed by atoms with E-state index in [-0.39, 0.29) is 16.8 Å². The summed E-state index contributed by atoms with van der Waals surface area (Å²) in [5, 5.41) is 3.24. The van der Waals surface area contributed by atoms with Gasteiger partial charge in [0.1, 0.15) is 5.82 Å². The number of hydrogen-bond acceptors (Lipinski definition) is 3. The molecule has 0 aliphatic carbocycles. The fourth-order valence-electron chi connectivity index (χ4n) is 2.17. The molecule has 1 atom stereocenters. The van der Waals surface area contributed by atoms with Crippen LogP contribution < -0.4 is 5.32 Å². The van der Waals surface area contributed by atoms with E-state index in [1.807, 2.05) is 19.1 Å². The lowest BCUT2D eigenvalue weighted by molar-refractivity contribution is 0.602. The summed E-state index contributed by atoms with van der Waals surface area (Å²) in [6.45, 7) is 1.97. The lowest BCUT2D eigenvalue weighted by atomic mass is 10.1. The zero-order chi connectivity index (χ0) is 15.5. The summed E-state index contributed by atoms with van der Waals surface area (Å²) in [6, 6.07) is 13.2. The average Bonchev–Trinajstić information content (AvgIpc) is 2.37. The molecule has 0 heterocycles. The highest BCUT2D eigenvalue weighted by atomic mass is 32.2. The molecule has 0 spiro atoms. The number of halogens is 1. The second-order valence-corrected chi connectivity index (χ2v) is 7.20. The zero-order valence-corrected chi connectivity index (χ0v) is 12.8. The van der Waals surface area contributed by atoms with E-state index in [2.05, 4.69) is 5.32 Å². The maximum atomic E-state index is 13.1. The molecule has 2 aromatic rings. The van der Waals surface area contributed by atoms with Crippen molar-refractivity contribution in [3.8, 4) is 0 Å². The third-order valence-electron chi connectivity index (χ3n) is 3.11. The van der Waals surface area contributed by atoms with E-state index in [1.54, 1.807) is 24.3 Å². The molecule has 112 valence electrons. The molecule has 1 unspecified atom stereocenters. The Kier molecular flexibility index (Phi) is 4.63. The Labute approximate surface area is 124 Å². The number of sulfone groups is 1. The Bertz CT molecular complexity index is 729. The number of benzene rings is 2. The van der Waals surface area contributed by atoms with Gasteiger partial charge in [-0.15, -0.1) is 0 Å². The van der Waals surface area contributed by atoms with Crippen LogP contribution in [-0.4, -0.2) is 20.7 Å². The van der Waals surface area contributed by atoms with Gasteiger partial charge < -0.3 is 5.32 Å². The molecule has 21 heavy (non-hydrogen) atoms. The van der Waals surface area contributed by atoms with E-state index in [0.717, 1.165) is 11.3 Å². The van der Waals surface area contributed by atoms with Gasteiger partial charge >= 0.3 is 0 Å². The van der Waals surface area contributed by atoms with Gasteiger partial charge in [-0.25, -0.2) is 12.8 Å². The molecule has 2 aromatic carbocycles. The first-order valence-corrected chi connectivity index (χ1v) is 8.55. The second kappa shape index (κ2) is 6.26. The number of hydrogen-bond donors (Lipinski definition) is 1. The molecule has 2 rings (SSSR count). The number of anilines is 1. The van der Waals surface area contributed by atoms with E-state index < -0.39 is 9.84 Å². The molecule has 0 aliphatic rings. The number of rotatable bonds is 5. The summed E-state index contributed by atoms with van der Waals surface area (Å²) >= 11 is 0. The highest BCUT2D eigenvalue weighted by Crippen LogP contribution is 2.17. The van der Waals surface area contributed by atoms with Crippen molar-refractivity contribution in [2.75, 3.05) is 11.6 Å². The first-order chi connectivity index (χ1) is 9.84. The van der Waals surface area contributed by atoms with Crippen molar-refractivity contribution in [1.29, 1.82) is 0 Å². The van der Waals surface area contributed by atoms with Gasteiger partial charge in [-0.1, -0.05) is 18.2 Å². The third-order valence-corrected chi connectivity index (χ3v) is 4.22. The fraction of sp³-hybridized carbons (Fsp3) is 0.250. The molecule has 0 saturated carbocycles. The van der Waals surface area contributed by atoms with Crippen LogP contribution in [0.3, 0.4) is 0 Å². The molecular formula is C16H18FNO2S. The maximum absolute atomic E-state index is 13.1. The summed E-state index contributed by atoms with van der Waals surface area (Å²) in [7, 11) is -3.22. The standard InChI is InChI=1S/C16H18FNO2S/c1-12(9-13-5-3-6-14(17)10-13)18-15-7-4-8-16(11-15)21(2,19)20/h3-8,10-12,18H,9H2,1-2H3. The Morgan fingerprint density at radius 1 is 1.14 bits per heavy atom. The van der Waals surface area contributed by atoms with E-state index in [1.165, 1.54) is 18.4 Å². The van der Waals surface area contributed by atoms with E-state index in [9.17, 15) is 12.8 Å². The normalized spacial score (nSPS) is 12.9. The van der Waals surface area contributed by atoms with Gasteiger partial charge in [0.15, 0.2) is 9.84 Å². The van der Waals surface area contributed by atoms with Crippen LogP contribution in [0.4, 0.5) is 10.1 Å². The molecule has 0 aliphatic heterocycles. The van der Waals surface area contributed by atoms with E-state index in [0.29, 0.717) is 6.42 Å². The van der Waals surface area contributed by atoms with Crippen LogP contribution in [-0.2, 0) is 16.3 Å². The van der Waals surface area contributed by atoms with Crippen molar-refractivity contribution < 1.29 is 12.8 Å². The molecule has 0 radical (unpaired) electrons.